The lowest BCUT2D eigenvalue weighted by Crippen LogP contribution is -2.59. The van der Waals surface area contributed by atoms with Crippen LogP contribution in [-0.4, -0.2) is 24.6 Å². The third-order valence-corrected chi connectivity index (χ3v) is 1.85. The van der Waals surface area contributed by atoms with Crippen molar-refractivity contribution >= 4 is 12.4 Å². The average Bonchev–Trinajstić information content (AvgIpc) is 1.67. The maximum absolute atomic E-state index is 3.28. The highest BCUT2D eigenvalue weighted by atomic mass is 35.5. The molecule has 2 bridgehead atoms. The molecule has 3 aliphatic rings. The van der Waals surface area contributed by atoms with Gasteiger partial charge in [-0.1, -0.05) is 0 Å². The van der Waals surface area contributed by atoms with Gasteiger partial charge in [0.1, 0.15) is 0 Å². The number of hydrogen-bond acceptors (Lipinski definition) is 2. The molecule has 0 unspecified atom stereocenters. The second-order valence-electron chi connectivity index (χ2n) is 2.47. The second kappa shape index (κ2) is 2.21. The van der Waals surface area contributed by atoms with Crippen LogP contribution in [0.25, 0.3) is 0 Å². The van der Waals surface area contributed by atoms with Gasteiger partial charge >= 0.3 is 0 Å². The minimum absolute atomic E-state index is 0. The van der Waals surface area contributed by atoms with Gasteiger partial charge in [-0.05, 0) is 12.3 Å². The van der Waals surface area contributed by atoms with Gasteiger partial charge in [-0.25, -0.2) is 5.01 Å². The zero-order valence-electron chi connectivity index (χ0n) is 4.76. The molecule has 3 saturated heterocycles. The molecule has 3 rings (SSSR count). The first-order valence-electron chi connectivity index (χ1n) is 2.93. The summed E-state index contributed by atoms with van der Waals surface area (Å²) >= 11 is 0. The van der Waals surface area contributed by atoms with Gasteiger partial charge in [-0.2, -0.15) is 0 Å². The lowest BCUT2D eigenvalue weighted by Gasteiger charge is -2.44. The van der Waals surface area contributed by atoms with Crippen LogP contribution in [0, 0.1) is 5.92 Å². The highest BCUT2D eigenvalue weighted by Gasteiger charge is 2.29. The van der Waals surface area contributed by atoms with Crippen LogP contribution in [0.5, 0.6) is 0 Å². The maximum Gasteiger partial charge on any atom is 0.0172 e. The van der Waals surface area contributed by atoms with Crippen LogP contribution in [0.1, 0.15) is 6.42 Å². The van der Waals surface area contributed by atoms with Crippen LogP contribution < -0.4 is 5.43 Å². The highest BCUT2D eigenvalue weighted by molar-refractivity contribution is 5.85. The summed E-state index contributed by atoms with van der Waals surface area (Å²) in [6.07, 6.45) is 1.40. The fourth-order valence-electron chi connectivity index (χ4n) is 1.31. The van der Waals surface area contributed by atoms with Gasteiger partial charge in [0.25, 0.3) is 0 Å². The average molecular weight is 135 g/mol. The molecule has 0 aromatic heterocycles. The standard InChI is InChI=1S/C5H10N2.ClH/c1-2-6-7-3-5(1)4-7;/h5-6H,1-4H2;1H. The second-order valence-corrected chi connectivity index (χ2v) is 2.47. The third kappa shape index (κ3) is 0.835. The first kappa shape index (κ1) is 6.33. The van der Waals surface area contributed by atoms with Gasteiger partial charge in [0.05, 0.1) is 0 Å². The van der Waals surface area contributed by atoms with Crippen molar-refractivity contribution in [1.82, 2.24) is 10.4 Å². The Hall–Kier alpha value is 0.210. The third-order valence-electron chi connectivity index (χ3n) is 1.85. The topological polar surface area (TPSA) is 15.3 Å². The number of hydrogen-bond donors (Lipinski definition) is 1. The van der Waals surface area contributed by atoms with E-state index < -0.39 is 0 Å². The van der Waals surface area contributed by atoms with E-state index >= 15 is 0 Å². The smallest absolute Gasteiger partial charge is 0.0172 e. The highest BCUT2D eigenvalue weighted by Crippen LogP contribution is 2.19. The fraction of sp³-hybridized carbons (Fsp3) is 1.00. The normalized spacial score (nSPS) is 42.0. The van der Waals surface area contributed by atoms with Gasteiger partial charge in [-0.15, -0.1) is 12.4 Å². The number of nitrogens with zero attached hydrogens (tertiary/aromatic N) is 1. The van der Waals surface area contributed by atoms with Gasteiger partial charge in [-0.3, -0.25) is 5.43 Å². The Morgan fingerprint density at radius 1 is 1.38 bits per heavy atom. The zero-order valence-corrected chi connectivity index (χ0v) is 5.58. The minimum Gasteiger partial charge on any atom is -0.255 e. The molecule has 48 valence electrons. The summed E-state index contributed by atoms with van der Waals surface area (Å²) in [7, 11) is 0. The van der Waals surface area contributed by atoms with Crippen LogP contribution >= 0.6 is 12.4 Å². The van der Waals surface area contributed by atoms with E-state index in [1.54, 1.807) is 0 Å². The molecule has 0 atom stereocenters. The largest absolute Gasteiger partial charge is 0.255 e. The van der Waals surface area contributed by atoms with Crippen molar-refractivity contribution in [2.45, 2.75) is 6.42 Å². The molecule has 0 radical (unpaired) electrons. The molecule has 0 aliphatic carbocycles. The van der Waals surface area contributed by atoms with Crippen LogP contribution in [0.3, 0.4) is 0 Å². The summed E-state index contributed by atoms with van der Waals surface area (Å²) < 4.78 is 0. The van der Waals surface area contributed by atoms with Crippen LogP contribution in [-0.2, 0) is 0 Å². The molecule has 0 aromatic carbocycles. The summed E-state index contributed by atoms with van der Waals surface area (Å²) in [5.74, 6) is 1.04. The molecule has 3 aliphatic heterocycles. The summed E-state index contributed by atoms with van der Waals surface area (Å²) in [5.41, 5.74) is 3.28. The van der Waals surface area contributed by atoms with E-state index in [-0.39, 0.29) is 12.4 Å². The Morgan fingerprint density at radius 2 is 2.12 bits per heavy atom. The Bertz CT molecular complexity index is 67.0. The van der Waals surface area contributed by atoms with E-state index in [2.05, 4.69) is 10.4 Å². The predicted molar refractivity (Wildman–Crippen MR) is 34.9 cm³/mol. The van der Waals surface area contributed by atoms with Gasteiger partial charge in [0, 0.05) is 19.6 Å². The van der Waals surface area contributed by atoms with E-state index in [4.69, 9.17) is 0 Å². The van der Waals surface area contributed by atoms with Crippen molar-refractivity contribution in [3.63, 3.8) is 0 Å². The maximum atomic E-state index is 3.28. The number of nitrogens with one attached hydrogen (secondary N) is 1. The molecular weight excluding hydrogens is 124 g/mol. The number of hydrazine groups is 1. The molecule has 0 saturated carbocycles. The van der Waals surface area contributed by atoms with Crippen molar-refractivity contribution in [3.05, 3.63) is 0 Å². The van der Waals surface area contributed by atoms with Crippen molar-refractivity contribution < 1.29 is 0 Å². The van der Waals surface area contributed by atoms with Gasteiger partial charge < -0.3 is 0 Å². The lowest BCUT2D eigenvalue weighted by molar-refractivity contribution is -0.00359. The Balaban J connectivity index is 0.000000320. The molecule has 0 aromatic rings. The molecular formula is C5H11ClN2. The molecule has 1 N–H and O–H groups in total. The Kier molecular flexibility index (Phi) is 1.75. The summed E-state index contributed by atoms with van der Waals surface area (Å²) in [6.45, 7) is 3.82. The van der Waals surface area contributed by atoms with E-state index in [0.717, 1.165) is 5.92 Å². The molecule has 0 spiro atoms. The van der Waals surface area contributed by atoms with Gasteiger partial charge in [0.15, 0.2) is 0 Å². The fourth-order valence-corrected chi connectivity index (χ4v) is 1.31. The molecule has 3 heteroatoms. The quantitative estimate of drug-likeness (QED) is 0.511. The van der Waals surface area contributed by atoms with Crippen LogP contribution in [0.2, 0.25) is 0 Å². The SMILES string of the molecule is C1CC2CN(C2)N1.Cl. The molecule has 8 heavy (non-hydrogen) atoms. The Labute approximate surface area is 55.6 Å². The van der Waals surface area contributed by atoms with Gasteiger partial charge in [0.2, 0.25) is 0 Å². The van der Waals surface area contributed by atoms with E-state index in [1.165, 1.54) is 26.1 Å². The van der Waals surface area contributed by atoms with Crippen molar-refractivity contribution in [3.8, 4) is 0 Å². The van der Waals surface area contributed by atoms with Crippen molar-refractivity contribution in [2.75, 3.05) is 19.6 Å². The van der Waals surface area contributed by atoms with Crippen LogP contribution in [0.4, 0.5) is 0 Å². The van der Waals surface area contributed by atoms with E-state index in [1.807, 2.05) is 0 Å². The molecule has 2 nitrogen and oxygen atoms in total. The summed E-state index contributed by atoms with van der Waals surface area (Å²) in [5, 5.41) is 2.29. The first-order valence-corrected chi connectivity index (χ1v) is 2.93. The summed E-state index contributed by atoms with van der Waals surface area (Å²) in [6, 6.07) is 0. The molecule has 3 heterocycles. The minimum atomic E-state index is 0. The monoisotopic (exact) mass is 134 g/mol. The van der Waals surface area contributed by atoms with E-state index in [9.17, 15) is 0 Å². The zero-order chi connectivity index (χ0) is 4.69. The number of rotatable bonds is 0. The number of fused-ring (bicyclic) bond motifs is 2. The first-order chi connectivity index (χ1) is 3.45. The number of halogens is 1. The lowest BCUT2D eigenvalue weighted by atomic mass is 9.96. The van der Waals surface area contributed by atoms with Crippen molar-refractivity contribution in [2.24, 2.45) is 5.92 Å². The van der Waals surface area contributed by atoms with E-state index in [0.29, 0.717) is 0 Å². The molecule has 0 amide bonds. The molecule has 3 fully saturated rings. The summed E-state index contributed by atoms with van der Waals surface area (Å²) in [4.78, 5) is 0. The van der Waals surface area contributed by atoms with Crippen LogP contribution in [0.15, 0.2) is 0 Å². The predicted octanol–water partition coefficient (Wildman–Crippen LogP) is 0.248. The van der Waals surface area contributed by atoms with Crippen molar-refractivity contribution in [1.29, 1.82) is 0 Å². The Morgan fingerprint density at radius 3 is 2.25 bits per heavy atom.